The van der Waals surface area contributed by atoms with Crippen LogP contribution in [0.1, 0.15) is 71.1 Å². The van der Waals surface area contributed by atoms with Gasteiger partial charge in [-0.05, 0) is 12.8 Å². The zero-order valence-corrected chi connectivity index (χ0v) is 15.2. The van der Waals surface area contributed by atoms with Crippen molar-refractivity contribution in [1.29, 1.82) is 0 Å². The average Bonchev–Trinajstić information content (AvgIpc) is 2.24. The van der Waals surface area contributed by atoms with Crippen LogP contribution < -0.4 is 5.11 Å². The van der Waals surface area contributed by atoms with E-state index in [1.807, 2.05) is 0 Å². The second kappa shape index (κ2) is 17.3. The van der Waals surface area contributed by atoms with Crippen LogP contribution in [0.4, 0.5) is 0 Å². The van der Waals surface area contributed by atoms with Crippen LogP contribution in [0.3, 0.4) is 0 Å². The van der Waals surface area contributed by atoms with Crippen molar-refractivity contribution in [3.8, 4) is 0 Å². The molecule has 117 valence electrons. The van der Waals surface area contributed by atoms with Gasteiger partial charge in [0.25, 0.3) is 0 Å². The summed E-state index contributed by atoms with van der Waals surface area (Å²) >= 11 is 0. The number of rotatable bonds is 10. The van der Waals surface area contributed by atoms with Gasteiger partial charge < -0.3 is 19.0 Å². The smallest absolute Gasteiger partial charge is 0.759 e. The Morgan fingerprint density at radius 3 is 1.45 bits per heavy atom. The zero-order chi connectivity index (χ0) is 15.1. The van der Waals surface area contributed by atoms with Gasteiger partial charge in [0.1, 0.15) is 0 Å². The van der Waals surface area contributed by atoms with Crippen molar-refractivity contribution >= 4 is 16.4 Å². The van der Waals surface area contributed by atoms with Gasteiger partial charge in [-0.15, -0.1) is 0 Å². The van der Waals surface area contributed by atoms with E-state index in [0.717, 1.165) is 12.8 Å². The van der Waals surface area contributed by atoms with Gasteiger partial charge in [-0.2, -0.15) is 0 Å². The molecule has 0 aromatic carbocycles. The van der Waals surface area contributed by atoms with E-state index >= 15 is 0 Å². The first-order valence-electron chi connectivity index (χ1n) is 6.64. The van der Waals surface area contributed by atoms with Gasteiger partial charge in [-0.3, -0.25) is 8.42 Å². The minimum Gasteiger partial charge on any atom is -0.759 e. The summed E-state index contributed by atoms with van der Waals surface area (Å²) in [6.45, 7) is 2.22. The third-order valence-corrected chi connectivity index (χ3v) is 2.48. The Bertz CT molecular complexity index is 297. The molecule has 0 fully saturated rings. The first kappa shape index (κ1) is 25.2. The minimum atomic E-state index is -5.17. The Morgan fingerprint density at radius 2 is 1.15 bits per heavy atom. The third kappa shape index (κ3) is 42.9. The molecule has 0 aliphatic heterocycles. The Balaban J connectivity index is -0.000000414. The number of carboxylic acids is 1. The number of carbonyl (C=O) groups excluding carboxylic acids is 1. The Labute approximate surface area is 141 Å². The summed E-state index contributed by atoms with van der Waals surface area (Å²) in [5.41, 5.74) is 0. The normalized spacial score (nSPS) is 10.2. The van der Waals surface area contributed by atoms with Crippen LogP contribution in [-0.4, -0.2) is 23.5 Å². The summed E-state index contributed by atoms with van der Waals surface area (Å²) in [7, 11) is -5.17. The van der Waals surface area contributed by atoms with Crippen molar-refractivity contribution in [3.05, 3.63) is 0 Å². The van der Waals surface area contributed by atoms with E-state index in [1.54, 1.807) is 0 Å². The maximum absolute atomic E-state index is 10.1. The molecule has 0 N–H and O–H groups in total. The topological polar surface area (TPSA) is 120 Å². The third-order valence-electron chi connectivity index (χ3n) is 2.48. The van der Waals surface area contributed by atoms with Crippen molar-refractivity contribution in [2.24, 2.45) is 0 Å². The molecule has 0 aromatic heterocycles. The Morgan fingerprint density at radius 1 is 0.850 bits per heavy atom. The van der Waals surface area contributed by atoms with Gasteiger partial charge in [0, 0.05) is 16.4 Å². The summed E-state index contributed by atoms with van der Waals surface area (Å²) in [5, 5.41) is 10.1. The first-order valence-corrected chi connectivity index (χ1v) is 7.97. The van der Waals surface area contributed by atoms with Crippen LogP contribution in [0.25, 0.3) is 0 Å². The molecule has 0 unspecified atom stereocenters. The van der Waals surface area contributed by atoms with E-state index in [0.29, 0.717) is 0 Å². The average molecular weight is 387 g/mol. The molecule has 0 aliphatic rings. The molecule has 0 spiro atoms. The summed E-state index contributed by atoms with van der Waals surface area (Å²) in [6, 6.07) is 0. The van der Waals surface area contributed by atoms with E-state index in [1.165, 1.54) is 44.9 Å². The first-order chi connectivity index (χ1) is 8.77. The largest absolute Gasteiger partial charge is 3.00 e. The maximum atomic E-state index is 10.1. The fourth-order valence-electron chi connectivity index (χ4n) is 1.58. The van der Waals surface area contributed by atoms with Crippen LogP contribution in [0.15, 0.2) is 0 Å². The van der Waals surface area contributed by atoms with E-state index in [2.05, 4.69) is 6.92 Å². The number of hydrogen-bond donors (Lipinski definition) is 0. The molecule has 0 saturated heterocycles. The molecular formula is C12H23O6SZr. The van der Waals surface area contributed by atoms with Gasteiger partial charge in [0.2, 0.25) is 0 Å². The van der Waals surface area contributed by atoms with Gasteiger partial charge in [-0.1, -0.05) is 58.3 Å². The van der Waals surface area contributed by atoms with E-state index in [9.17, 15) is 9.90 Å². The standard InChI is InChI=1S/C12H24O2.H2O4S.Zr/c1-2-3-4-5-6-7-8-9-10-11-12(13)14;1-5(2,3)4;/h2-11H2,1H3,(H,13,14);(H2,1,2,3,4);/q;;+3/p-3. The monoisotopic (exact) mass is 385 g/mol. The fraction of sp³-hybridized carbons (Fsp3) is 0.917. The molecule has 0 atom stereocenters. The van der Waals surface area contributed by atoms with Crippen molar-refractivity contribution in [2.75, 3.05) is 0 Å². The summed E-state index contributed by atoms with van der Waals surface area (Å²) in [6.07, 6.45) is 11.2. The van der Waals surface area contributed by atoms with Crippen molar-refractivity contribution < 1.29 is 53.6 Å². The van der Waals surface area contributed by atoms with Gasteiger partial charge in [0.15, 0.2) is 0 Å². The predicted molar refractivity (Wildman–Crippen MR) is 67.3 cm³/mol. The fourth-order valence-corrected chi connectivity index (χ4v) is 1.58. The van der Waals surface area contributed by atoms with E-state index in [-0.39, 0.29) is 32.6 Å². The molecule has 0 aliphatic carbocycles. The molecule has 6 nitrogen and oxygen atoms in total. The van der Waals surface area contributed by atoms with E-state index < -0.39 is 16.4 Å². The molecule has 0 saturated carbocycles. The van der Waals surface area contributed by atoms with Gasteiger partial charge in [0.05, 0.1) is 0 Å². The molecule has 0 amide bonds. The quantitative estimate of drug-likeness (QED) is 0.317. The van der Waals surface area contributed by atoms with Crippen LogP contribution in [-0.2, 0) is 41.4 Å². The number of aliphatic carboxylic acids is 1. The summed E-state index contributed by atoms with van der Waals surface area (Å²) < 4.78 is 34.1. The second-order valence-corrected chi connectivity index (χ2v) is 5.18. The molecule has 0 heterocycles. The molecule has 0 rings (SSSR count). The minimum absolute atomic E-state index is 0. The van der Waals surface area contributed by atoms with Gasteiger partial charge in [-0.25, -0.2) is 0 Å². The summed E-state index contributed by atoms with van der Waals surface area (Å²) in [5.74, 6) is -0.909. The number of hydrogen-bond acceptors (Lipinski definition) is 6. The van der Waals surface area contributed by atoms with Crippen molar-refractivity contribution in [3.63, 3.8) is 0 Å². The number of carboxylic acid groups (broad SMARTS) is 1. The Hall–Kier alpha value is 0.223. The maximum Gasteiger partial charge on any atom is 3.00 e. The van der Waals surface area contributed by atoms with Crippen LogP contribution in [0, 0.1) is 0 Å². The SMILES string of the molecule is CCCCCCCCCCCC(=O)[O-].O=S(=O)([O-])[O-].[Zr+3]. The Kier molecular flexibility index (Phi) is 21.8. The second-order valence-electron chi connectivity index (χ2n) is 4.36. The number of carbonyl (C=O) groups is 1. The van der Waals surface area contributed by atoms with Gasteiger partial charge >= 0.3 is 26.2 Å². The predicted octanol–water partition coefficient (Wildman–Crippen LogP) is 1.32. The van der Waals surface area contributed by atoms with Crippen LogP contribution in [0.2, 0.25) is 0 Å². The summed E-state index contributed by atoms with van der Waals surface area (Å²) in [4.78, 5) is 10.1. The molecule has 8 heteroatoms. The van der Waals surface area contributed by atoms with Crippen molar-refractivity contribution in [1.82, 2.24) is 0 Å². The molecule has 1 radical (unpaired) electrons. The molecule has 0 bridgehead atoms. The van der Waals surface area contributed by atoms with Crippen LogP contribution >= 0.6 is 0 Å². The van der Waals surface area contributed by atoms with Crippen LogP contribution in [0.5, 0.6) is 0 Å². The van der Waals surface area contributed by atoms with E-state index in [4.69, 9.17) is 17.5 Å². The number of unbranched alkanes of at least 4 members (excludes halogenated alkanes) is 8. The molecule has 20 heavy (non-hydrogen) atoms. The van der Waals surface area contributed by atoms with Crippen molar-refractivity contribution in [2.45, 2.75) is 71.1 Å². The molecule has 0 aromatic rings. The zero-order valence-electron chi connectivity index (χ0n) is 11.9. The molecular weight excluding hydrogens is 363 g/mol.